The largest absolute Gasteiger partial charge is 0.383 e. The Labute approximate surface area is 157 Å². The third-order valence-corrected chi connectivity index (χ3v) is 4.41. The van der Waals surface area contributed by atoms with Crippen LogP contribution in [0.3, 0.4) is 0 Å². The number of thiazole rings is 1. The van der Waals surface area contributed by atoms with Crippen LogP contribution in [0.15, 0.2) is 49.1 Å². The standard InChI is InChI=1S/C19H21N6S/c1-24(2)12-14(13-25(3)4)19-22-11-17(26-19)15-7-5-8-16(23-15)18-20-9-6-10-21-18/h5-13H,1-4H3/q+1. The molecule has 0 aliphatic rings. The second kappa shape index (κ2) is 7.97. The maximum atomic E-state index is 4.70. The van der Waals surface area contributed by atoms with Crippen LogP contribution >= 0.6 is 11.3 Å². The van der Waals surface area contributed by atoms with Gasteiger partial charge in [0.05, 0.1) is 16.1 Å². The van der Waals surface area contributed by atoms with Gasteiger partial charge in [-0.2, -0.15) is 0 Å². The summed E-state index contributed by atoms with van der Waals surface area (Å²) in [7, 11) is 8.01. The zero-order chi connectivity index (χ0) is 18.5. The number of hydrogen-bond donors (Lipinski definition) is 0. The van der Waals surface area contributed by atoms with Crippen molar-refractivity contribution in [1.82, 2.24) is 24.8 Å². The van der Waals surface area contributed by atoms with E-state index in [1.807, 2.05) is 62.1 Å². The lowest BCUT2D eigenvalue weighted by molar-refractivity contribution is -0.458. The van der Waals surface area contributed by atoms with Gasteiger partial charge in [-0.1, -0.05) is 6.07 Å². The number of allylic oxidation sites excluding steroid dienone is 1. The van der Waals surface area contributed by atoms with Gasteiger partial charge in [-0.25, -0.2) is 24.5 Å². The molecular weight excluding hydrogens is 344 g/mol. The van der Waals surface area contributed by atoms with E-state index in [9.17, 15) is 0 Å². The molecule has 0 saturated heterocycles. The molecule has 3 heterocycles. The lowest BCUT2D eigenvalue weighted by Gasteiger charge is -2.05. The Morgan fingerprint density at radius 1 is 1.04 bits per heavy atom. The highest BCUT2D eigenvalue weighted by Gasteiger charge is 2.12. The third kappa shape index (κ3) is 4.37. The average molecular weight is 365 g/mol. The minimum Gasteiger partial charge on any atom is -0.383 e. The monoisotopic (exact) mass is 365 g/mol. The first-order valence-electron chi connectivity index (χ1n) is 8.13. The lowest BCUT2D eigenvalue weighted by Crippen LogP contribution is -2.06. The van der Waals surface area contributed by atoms with E-state index < -0.39 is 0 Å². The topological polar surface area (TPSA) is 57.8 Å². The number of aromatic nitrogens is 4. The zero-order valence-electron chi connectivity index (χ0n) is 15.3. The molecule has 6 nitrogen and oxygen atoms in total. The fourth-order valence-corrected chi connectivity index (χ4v) is 3.21. The predicted octanol–water partition coefficient (Wildman–Crippen LogP) is 2.91. The first-order chi connectivity index (χ1) is 12.5. The van der Waals surface area contributed by atoms with Crippen molar-refractivity contribution in [3.63, 3.8) is 0 Å². The van der Waals surface area contributed by atoms with Gasteiger partial charge in [0.1, 0.15) is 24.8 Å². The lowest BCUT2D eigenvalue weighted by atomic mass is 10.2. The van der Waals surface area contributed by atoms with Crippen LogP contribution in [0.4, 0.5) is 0 Å². The molecule has 3 aromatic heterocycles. The van der Waals surface area contributed by atoms with Crippen molar-refractivity contribution in [2.75, 3.05) is 28.2 Å². The molecule has 132 valence electrons. The second-order valence-corrected chi connectivity index (χ2v) is 7.18. The van der Waals surface area contributed by atoms with Gasteiger partial charge in [0.25, 0.3) is 0 Å². The number of hydrogen-bond acceptors (Lipinski definition) is 6. The molecule has 0 saturated carbocycles. The molecule has 3 rings (SSSR count). The minimum absolute atomic E-state index is 0.619. The first-order valence-corrected chi connectivity index (χ1v) is 8.95. The molecule has 0 atom stereocenters. The fraction of sp³-hybridized carbons (Fsp3) is 0.211. The fourth-order valence-electron chi connectivity index (χ4n) is 2.35. The number of nitrogens with zero attached hydrogens (tertiary/aromatic N) is 6. The Hall–Kier alpha value is -2.93. The molecule has 0 spiro atoms. The predicted molar refractivity (Wildman–Crippen MR) is 106 cm³/mol. The molecule has 26 heavy (non-hydrogen) atoms. The molecule has 3 aromatic rings. The Morgan fingerprint density at radius 2 is 1.77 bits per heavy atom. The molecule has 7 heteroatoms. The highest BCUT2D eigenvalue weighted by molar-refractivity contribution is 7.16. The Balaban J connectivity index is 1.96. The molecule has 0 fully saturated rings. The average Bonchev–Trinajstić information content (AvgIpc) is 3.11. The highest BCUT2D eigenvalue weighted by atomic mass is 32.1. The highest BCUT2D eigenvalue weighted by Crippen LogP contribution is 2.29. The summed E-state index contributed by atoms with van der Waals surface area (Å²) in [6.45, 7) is 0. The summed E-state index contributed by atoms with van der Waals surface area (Å²) >= 11 is 1.61. The molecular formula is C19H21N6S+. The van der Waals surface area contributed by atoms with Gasteiger partial charge in [0.15, 0.2) is 12.0 Å². The molecule has 0 aromatic carbocycles. The van der Waals surface area contributed by atoms with Crippen molar-refractivity contribution in [2.45, 2.75) is 0 Å². The van der Waals surface area contributed by atoms with Crippen LogP contribution < -0.4 is 0 Å². The summed E-state index contributed by atoms with van der Waals surface area (Å²) in [5.41, 5.74) is 2.67. The quantitative estimate of drug-likeness (QED) is 0.514. The molecule has 0 radical (unpaired) electrons. The van der Waals surface area contributed by atoms with Crippen molar-refractivity contribution < 1.29 is 4.58 Å². The van der Waals surface area contributed by atoms with Gasteiger partial charge < -0.3 is 4.90 Å². The summed E-state index contributed by atoms with van der Waals surface area (Å²) in [4.78, 5) is 20.9. The molecule has 0 bridgehead atoms. The summed E-state index contributed by atoms with van der Waals surface area (Å²) < 4.78 is 2.02. The minimum atomic E-state index is 0.619. The van der Waals surface area contributed by atoms with E-state index >= 15 is 0 Å². The van der Waals surface area contributed by atoms with Crippen LogP contribution in [-0.2, 0) is 0 Å². The maximum Gasteiger partial charge on any atom is 0.178 e. The normalized spacial score (nSPS) is 11.3. The van der Waals surface area contributed by atoms with Gasteiger partial charge in [0.2, 0.25) is 0 Å². The van der Waals surface area contributed by atoms with Crippen LogP contribution in [0.1, 0.15) is 5.01 Å². The van der Waals surface area contributed by atoms with Gasteiger partial charge in [0, 0.05) is 38.9 Å². The summed E-state index contributed by atoms with van der Waals surface area (Å²) in [6, 6.07) is 7.66. The van der Waals surface area contributed by atoms with Crippen molar-refractivity contribution in [3.05, 3.63) is 54.1 Å². The van der Waals surface area contributed by atoms with E-state index in [-0.39, 0.29) is 0 Å². The van der Waals surface area contributed by atoms with E-state index in [1.54, 1.807) is 29.8 Å². The summed E-state index contributed by atoms with van der Waals surface area (Å²) in [5.74, 6) is 0.619. The van der Waals surface area contributed by atoms with E-state index in [1.165, 1.54) is 0 Å². The molecule has 0 aliphatic heterocycles. The van der Waals surface area contributed by atoms with E-state index in [0.29, 0.717) is 5.82 Å². The van der Waals surface area contributed by atoms with Crippen LogP contribution in [0.25, 0.3) is 27.7 Å². The zero-order valence-corrected chi connectivity index (χ0v) is 16.1. The number of rotatable bonds is 5. The van der Waals surface area contributed by atoms with Crippen molar-refractivity contribution in [1.29, 1.82) is 0 Å². The van der Waals surface area contributed by atoms with Crippen LogP contribution in [0, 0.1) is 0 Å². The Morgan fingerprint density at radius 3 is 2.46 bits per heavy atom. The molecule has 0 aliphatic carbocycles. The first kappa shape index (κ1) is 17.9. The summed E-state index contributed by atoms with van der Waals surface area (Å²) in [5, 5.41) is 0.950. The summed E-state index contributed by atoms with van der Waals surface area (Å²) in [6.07, 6.45) is 9.42. The third-order valence-electron chi connectivity index (χ3n) is 3.34. The van der Waals surface area contributed by atoms with E-state index in [2.05, 4.69) is 27.4 Å². The Bertz CT molecular complexity index is 939. The van der Waals surface area contributed by atoms with Gasteiger partial charge >= 0.3 is 0 Å². The van der Waals surface area contributed by atoms with E-state index in [0.717, 1.165) is 26.8 Å². The second-order valence-electron chi connectivity index (χ2n) is 6.15. The number of pyridine rings is 1. The van der Waals surface area contributed by atoms with Crippen molar-refractivity contribution in [3.8, 4) is 22.1 Å². The van der Waals surface area contributed by atoms with E-state index in [4.69, 9.17) is 4.98 Å². The van der Waals surface area contributed by atoms with Crippen molar-refractivity contribution >= 4 is 23.1 Å². The van der Waals surface area contributed by atoms with Crippen molar-refractivity contribution in [2.24, 2.45) is 0 Å². The SMILES string of the molecule is CN(C)/C=C(\C=[N+](C)C)c1ncc(-c2cccc(-c3ncccn3)n2)s1. The van der Waals surface area contributed by atoms with Crippen LogP contribution in [0.5, 0.6) is 0 Å². The van der Waals surface area contributed by atoms with Crippen LogP contribution in [0.2, 0.25) is 0 Å². The smallest absolute Gasteiger partial charge is 0.178 e. The molecule has 0 N–H and O–H groups in total. The maximum absolute atomic E-state index is 4.70. The van der Waals surface area contributed by atoms with Gasteiger partial charge in [-0.05, 0) is 18.2 Å². The van der Waals surface area contributed by atoms with Crippen LogP contribution in [-0.4, -0.2) is 63.8 Å². The van der Waals surface area contributed by atoms with Gasteiger partial charge in [-0.3, -0.25) is 0 Å². The molecule has 0 amide bonds. The molecule has 0 unspecified atom stereocenters. The van der Waals surface area contributed by atoms with Gasteiger partial charge in [-0.15, -0.1) is 11.3 Å². The Kier molecular flexibility index (Phi) is 5.48.